The van der Waals surface area contributed by atoms with Crippen LogP contribution in [0.4, 0.5) is 4.79 Å². The maximum absolute atomic E-state index is 12.9. The number of aliphatic hydroxyl groups excluding tert-OH is 1. The number of hydrogen-bond acceptors (Lipinski definition) is 6. The minimum atomic E-state index is -0.759. The Morgan fingerprint density at radius 3 is 2.21 bits per heavy atom. The molecule has 1 saturated heterocycles. The third-order valence-electron chi connectivity index (χ3n) is 7.43. The summed E-state index contributed by atoms with van der Waals surface area (Å²) >= 11 is 0. The second-order valence-electron chi connectivity index (χ2n) is 12.0. The van der Waals surface area contributed by atoms with Gasteiger partial charge in [0.15, 0.2) is 0 Å². The molecule has 1 aliphatic rings. The monoisotopic (exact) mass is 583 g/mol. The highest BCUT2D eigenvalue weighted by molar-refractivity contribution is 5.82. The molecule has 1 heterocycles. The van der Waals surface area contributed by atoms with Gasteiger partial charge in [0.25, 0.3) is 0 Å². The largest absolute Gasteiger partial charge is 0.491 e. The number of rotatable bonds is 10. The number of fused-ring (bicyclic) bond motifs is 1. The number of carbonyl (C=O) groups excluding carboxylic acids is 1. The van der Waals surface area contributed by atoms with Crippen LogP contribution in [0.15, 0.2) is 97.1 Å². The van der Waals surface area contributed by atoms with Gasteiger partial charge in [-0.3, -0.25) is 0 Å². The minimum Gasteiger partial charge on any atom is -0.491 e. The number of para-hydroxylation sites is 1. The summed E-state index contributed by atoms with van der Waals surface area (Å²) < 4.78 is 23.7. The van der Waals surface area contributed by atoms with E-state index in [2.05, 4.69) is 30.3 Å². The quantitative estimate of drug-likeness (QED) is 0.217. The molecular weight excluding hydrogens is 542 g/mol. The predicted molar refractivity (Wildman–Crippen MR) is 168 cm³/mol. The molecule has 7 heteroatoms. The summed E-state index contributed by atoms with van der Waals surface area (Å²) in [6.07, 6.45) is -0.539. The molecule has 1 N–H and O–H groups in total. The summed E-state index contributed by atoms with van der Waals surface area (Å²) in [6, 6.07) is 32.0. The minimum absolute atomic E-state index is 0.0954. The van der Waals surface area contributed by atoms with E-state index in [-0.39, 0.29) is 31.3 Å². The molecule has 0 bridgehead atoms. The lowest BCUT2D eigenvalue weighted by molar-refractivity contribution is -0.0359. The van der Waals surface area contributed by atoms with Gasteiger partial charge in [0.2, 0.25) is 0 Å². The van der Waals surface area contributed by atoms with Crippen molar-refractivity contribution in [2.75, 3.05) is 26.3 Å². The van der Waals surface area contributed by atoms with Crippen LogP contribution in [0.2, 0.25) is 0 Å². The summed E-state index contributed by atoms with van der Waals surface area (Å²) in [6.45, 7) is 7.38. The van der Waals surface area contributed by atoms with Crippen LogP contribution in [0.3, 0.4) is 0 Å². The van der Waals surface area contributed by atoms with Crippen LogP contribution in [0.25, 0.3) is 10.8 Å². The number of likely N-dealkylation sites (tertiary alicyclic amines) is 1. The van der Waals surface area contributed by atoms with Crippen LogP contribution in [-0.4, -0.2) is 60.2 Å². The Morgan fingerprint density at radius 1 is 0.860 bits per heavy atom. The van der Waals surface area contributed by atoms with Gasteiger partial charge >= 0.3 is 6.09 Å². The maximum Gasteiger partial charge on any atom is 0.410 e. The molecule has 7 nitrogen and oxygen atoms in total. The van der Waals surface area contributed by atoms with Crippen LogP contribution in [-0.2, 0) is 16.1 Å². The second-order valence-corrected chi connectivity index (χ2v) is 12.0. The van der Waals surface area contributed by atoms with Crippen LogP contribution in [0, 0.1) is 0 Å². The molecule has 3 atom stereocenters. The smallest absolute Gasteiger partial charge is 0.410 e. The molecule has 0 radical (unpaired) electrons. The van der Waals surface area contributed by atoms with Crippen LogP contribution in [0.5, 0.6) is 11.5 Å². The first-order valence-electron chi connectivity index (χ1n) is 14.9. The Hall–Kier alpha value is -4.07. The highest BCUT2D eigenvalue weighted by atomic mass is 16.6. The topological polar surface area (TPSA) is 77.5 Å². The number of benzene rings is 4. The Bertz CT molecular complexity index is 1470. The van der Waals surface area contributed by atoms with Crippen molar-refractivity contribution in [3.63, 3.8) is 0 Å². The van der Waals surface area contributed by atoms with E-state index in [9.17, 15) is 9.90 Å². The average Bonchev–Trinajstić information content (AvgIpc) is 3.01. The molecule has 43 heavy (non-hydrogen) atoms. The van der Waals surface area contributed by atoms with Gasteiger partial charge in [-0.25, -0.2) is 4.79 Å². The van der Waals surface area contributed by atoms with E-state index in [0.29, 0.717) is 31.2 Å². The van der Waals surface area contributed by atoms with Crippen LogP contribution < -0.4 is 9.47 Å². The van der Waals surface area contributed by atoms with Crippen LogP contribution in [0.1, 0.15) is 44.2 Å². The number of carbonyl (C=O) groups is 1. The van der Waals surface area contributed by atoms with E-state index in [1.54, 1.807) is 4.90 Å². The van der Waals surface area contributed by atoms with Gasteiger partial charge in [0, 0.05) is 12.5 Å². The molecule has 1 aliphatic heterocycles. The van der Waals surface area contributed by atoms with Gasteiger partial charge in [-0.15, -0.1) is 0 Å². The lowest BCUT2D eigenvalue weighted by Crippen LogP contribution is -2.48. The fourth-order valence-electron chi connectivity index (χ4n) is 5.25. The van der Waals surface area contributed by atoms with Crippen molar-refractivity contribution in [1.82, 2.24) is 4.90 Å². The Labute approximate surface area is 254 Å². The zero-order valence-corrected chi connectivity index (χ0v) is 25.1. The summed E-state index contributed by atoms with van der Waals surface area (Å²) in [7, 11) is 0. The maximum atomic E-state index is 12.9. The summed E-state index contributed by atoms with van der Waals surface area (Å²) in [5, 5.41) is 12.7. The van der Waals surface area contributed by atoms with Crippen molar-refractivity contribution in [1.29, 1.82) is 0 Å². The molecule has 226 valence electrons. The Morgan fingerprint density at radius 2 is 1.51 bits per heavy atom. The number of ether oxygens (including phenoxy) is 4. The van der Waals surface area contributed by atoms with Gasteiger partial charge in [0.05, 0.1) is 19.3 Å². The van der Waals surface area contributed by atoms with Crippen LogP contribution >= 0.6 is 0 Å². The van der Waals surface area contributed by atoms with E-state index >= 15 is 0 Å². The lowest BCUT2D eigenvalue weighted by Gasteiger charge is -2.39. The molecule has 3 unspecified atom stereocenters. The van der Waals surface area contributed by atoms with E-state index in [1.165, 1.54) is 10.8 Å². The first kappa shape index (κ1) is 30.4. The average molecular weight is 584 g/mol. The van der Waals surface area contributed by atoms with E-state index in [0.717, 1.165) is 17.5 Å². The third kappa shape index (κ3) is 8.72. The van der Waals surface area contributed by atoms with Gasteiger partial charge in [0.1, 0.15) is 36.4 Å². The molecule has 4 aromatic rings. The fraction of sp³-hybridized carbons (Fsp3) is 0.361. The van der Waals surface area contributed by atoms with E-state index < -0.39 is 11.7 Å². The lowest BCUT2D eigenvalue weighted by atomic mass is 9.87. The Kier molecular flexibility index (Phi) is 9.85. The van der Waals surface area contributed by atoms with Crippen molar-refractivity contribution in [2.24, 2.45) is 0 Å². The zero-order valence-electron chi connectivity index (χ0n) is 25.1. The van der Waals surface area contributed by atoms with Crippen molar-refractivity contribution < 1.29 is 28.8 Å². The number of nitrogens with zero attached hydrogens (tertiary/aromatic N) is 1. The van der Waals surface area contributed by atoms with Crippen molar-refractivity contribution in [3.05, 3.63) is 108 Å². The second kappa shape index (κ2) is 13.9. The number of aliphatic hydroxyl groups is 1. The highest BCUT2D eigenvalue weighted by Crippen LogP contribution is 2.33. The predicted octanol–water partition coefficient (Wildman–Crippen LogP) is 6.97. The Balaban J connectivity index is 1.22. The zero-order chi connectivity index (χ0) is 30.2. The van der Waals surface area contributed by atoms with Crippen molar-refractivity contribution in [3.8, 4) is 11.5 Å². The van der Waals surface area contributed by atoms with Crippen molar-refractivity contribution >= 4 is 16.9 Å². The van der Waals surface area contributed by atoms with E-state index in [4.69, 9.17) is 18.9 Å². The molecule has 5 rings (SSSR count). The SMILES string of the molecule is CC(C)(C)OC(=O)N1CCC(c2ccc(OCC(O)COc3ccccc3)cc2)C(OCc2ccc3ccccc3c2)C1. The summed E-state index contributed by atoms with van der Waals surface area (Å²) in [4.78, 5) is 14.7. The molecule has 0 aliphatic carbocycles. The molecule has 1 fully saturated rings. The summed E-state index contributed by atoms with van der Waals surface area (Å²) in [5.41, 5.74) is 1.64. The van der Waals surface area contributed by atoms with Gasteiger partial charge < -0.3 is 29.0 Å². The molecule has 0 saturated carbocycles. The number of amides is 1. The van der Waals surface area contributed by atoms with Gasteiger partial charge in [-0.1, -0.05) is 66.7 Å². The van der Waals surface area contributed by atoms with Crippen molar-refractivity contribution in [2.45, 2.75) is 57.5 Å². The molecular formula is C36H41NO6. The normalized spacial score (nSPS) is 17.8. The van der Waals surface area contributed by atoms with E-state index in [1.807, 2.05) is 87.5 Å². The number of hydrogen-bond donors (Lipinski definition) is 1. The standard InChI is InChI=1S/C36H41NO6/c1-36(2,3)43-35(39)37-20-19-33(34(22-37)42-23-26-13-14-27-9-7-8-10-29(27)21-26)28-15-17-32(18-16-28)41-25-30(38)24-40-31-11-5-4-6-12-31/h4-18,21,30,33-34,38H,19-20,22-25H2,1-3H3. The van der Waals surface area contributed by atoms with Gasteiger partial charge in [-0.2, -0.15) is 0 Å². The molecule has 0 aromatic heterocycles. The fourth-order valence-corrected chi connectivity index (χ4v) is 5.25. The molecule has 0 spiro atoms. The first-order chi connectivity index (χ1) is 20.7. The molecule has 4 aromatic carbocycles. The van der Waals surface area contributed by atoms with Gasteiger partial charge in [-0.05, 0) is 79.4 Å². The third-order valence-corrected chi connectivity index (χ3v) is 7.43. The summed E-state index contributed by atoms with van der Waals surface area (Å²) in [5.74, 6) is 1.47. The first-order valence-corrected chi connectivity index (χ1v) is 14.9. The highest BCUT2D eigenvalue weighted by Gasteiger charge is 2.35. The molecule has 1 amide bonds. The number of piperidine rings is 1.